The quantitative estimate of drug-likeness (QED) is 0.701. The minimum Gasteiger partial charge on any atom is -0.295 e. The average molecular weight is 303 g/mol. The van der Waals surface area contributed by atoms with Crippen molar-refractivity contribution in [3.05, 3.63) is 64.1 Å². The molecule has 0 spiro atoms. The van der Waals surface area contributed by atoms with Gasteiger partial charge in [0.05, 0.1) is 16.8 Å². The zero-order valence-electron chi connectivity index (χ0n) is 11.2. The maximum absolute atomic E-state index is 6.20. The van der Waals surface area contributed by atoms with Crippen molar-refractivity contribution in [3.63, 3.8) is 0 Å². The third-order valence-corrected chi connectivity index (χ3v) is 4.53. The molecular weight excluding hydrogens is 288 g/mol. The SMILES string of the molecule is CN(Cc1nc2ccccc2s1)Cc1ccccc1Cl. The summed E-state index contributed by atoms with van der Waals surface area (Å²) in [7, 11) is 2.09. The van der Waals surface area contributed by atoms with E-state index < -0.39 is 0 Å². The van der Waals surface area contributed by atoms with Gasteiger partial charge in [0.25, 0.3) is 0 Å². The molecule has 2 aromatic carbocycles. The fourth-order valence-electron chi connectivity index (χ4n) is 2.19. The van der Waals surface area contributed by atoms with Crippen LogP contribution < -0.4 is 0 Å². The van der Waals surface area contributed by atoms with Crippen LogP contribution in [0, 0.1) is 0 Å². The number of hydrogen-bond donors (Lipinski definition) is 0. The van der Waals surface area contributed by atoms with Gasteiger partial charge in [0.1, 0.15) is 5.01 Å². The maximum Gasteiger partial charge on any atom is 0.108 e. The highest BCUT2D eigenvalue weighted by atomic mass is 35.5. The van der Waals surface area contributed by atoms with Crippen LogP contribution in [0.5, 0.6) is 0 Å². The van der Waals surface area contributed by atoms with Gasteiger partial charge in [0, 0.05) is 11.6 Å². The molecule has 0 aliphatic rings. The van der Waals surface area contributed by atoms with Crippen LogP contribution in [0.25, 0.3) is 10.2 Å². The Labute approximate surface area is 127 Å². The Morgan fingerprint density at radius 2 is 1.80 bits per heavy atom. The maximum atomic E-state index is 6.20. The third-order valence-electron chi connectivity index (χ3n) is 3.14. The van der Waals surface area contributed by atoms with Crippen LogP contribution in [0.1, 0.15) is 10.6 Å². The second-order valence-electron chi connectivity index (χ2n) is 4.84. The second-order valence-corrected chi connectivity index (χ2v) is 6.36. The Morgan fingerprint density at radius 1 is 1.05 bits per heavy atom. The molecule has 3 aromatic rings. The van der Waals surface area contributed by atoms with E-state index in [0.717, 1.165) is 34.2 Å². The van der Waals surface area contributed by atoms with Crippen LogP contribution >= 0.6 is 22.9 Å². The minimum absolute atomic E-state index is 0.823. The Kier molecular flexibility index (Phi) is 4.01. The number of hydrogen-bond acceptors (Lipinski definition) is 3. The Morgan fingerprint density at radius 3 is 2.60 bits per heavy atom. The van der Waals surface area contributed by atoms with Crippen molar-refractivity contribution in [3.8, 4) is 0 Å². The molecule has 20 heavy (non-hydrogen) atoms. The Hall–Kier alpha value is -1.42. The van der Waals surface area contributed by atoms with E-state index >= 15 is 0 Å². The summed E-state index contributed by atoms with van der Waals surface area (Å²) in [6, 6.07) is 16.2. The standard InChI is InChI=1S/C16H15ClN2S/c1-19(10-12-6-2-3-7-13(12)17)11-16-18-14-8-4-5-9-15(14)20-16/h2-9H,10-11H2,1H3. The fraction of sp³-hybridized carbons (Fsp3) is 0.188. The van der Waals surface area contributed by atoms with E-state index in [-0.39, 0.29) is 0 Å². The first-order valence-corrected chi connectivity index (χ1v) is 7.68. The van der Waals surface area contributed by atoms with Crippen molar-refractivity contribution in [2.75, 3.05) is 7.05 Å². The molecule has 0 aliphatic heterocycles. The van der Waals surface area contributed by atoms with Crippen LogP contribution in [0.3, 0.4) is 0 Å². The number of nitrogens with zero attached hydrogens (tertiary/aromatic N) is 2. The molecule has 0 atom stereocenters. The van der Waals surface area contributed by atoms with Gasteiger partial charge in [-0.25, -0.2) is 4.98 Å². The van der Waals surface area contributed by atoms with E-state index in [2.05, 4.69) is 41.2 Å². The molecule has 3 rings (SSSR count). The smallest absolute Gasteiger partial charge is 0.108 e. The number of benzene rings is 2. The molecule has 0 bridgehead atoms. The summed E-state index contributed by atoms with van der Waals surface area (Å²) in [6.07, 6.45) is 0. The van der Waals surface area contributed by atoms with Gasteiger partial charge in [-0.15, -0.1) is 11.3 Å². The minimum atomic E-state index is 0.823. The van der Waals surface area contributed by atoms with Gasteiger partial charge < -0.3 is 0 Å². The van der Waals surface area contributed by atoms with E-state index in [4.69, 9.17) is 11.6 Å². The number of fused-ring (bicyclic) bond motifs is 1. The van der Waals surface area contributed by atoms with Crippen LogP contribution in [-0.2, 0) is 13.1 Å². The molecule has 4 heteroatoms. The highest BCUT2D eigenvalue weighted by Crippen LogP contribution is 2.23. The summed E-state index contributed by atoms with van der Waals surface area (Å²) in [5.41, 5.74) is 2.23. The Balaban J connectivity index is 1.72. The Bertz CT molecular complexity index is 690. The lowest BCUT2D eigenvalue weighted by molar-refractivity contribution is 0.319. The molecule has 0 fully saturated rings. The summed E-state index contributed by atoms with van der Waals surface area (Å²) in [5, 5.41) is 1.96. The highest BCUT2D eigenvalue weighted by molar-refractivity contribution is 7.18. The molecule has 0 N–H and O–H groups in total. The van der Waals surface area contributed by atoms with Crippen LogP contribution in [0.15, 0.2) is 48.5 Å². The summed E-state index contributed by atoms with van der Waals surface area (Å²) in [6.45, 7) is 1.67. The summed E-state index contributed by atoms with van der Waals surface area (Å²) >= 11 is 7.95. The lowest BCUT2D eigenvalue weighted by atomic mass is 10.2. The third kappa shape index (κ3) is 3.01. The number of halogens is 1. The largest absolute Gasteiger partial charge is 0.295 e. The number of aromatic nitrogens is 1. The topological polar surface area (TPSA) is 16.1 Å². The predicted octanol–water partition coefficient (Wildman–Crippen LogP) is 4.58. The first kappa shape index (κ1) is 13.6. The summed E-state index contributed by atoms with van der Waals surface area (Å²) in [5.74, 6) is 0. The number of thiazole rings is 1. The van der Waals surface area contributed by atoms with Crippen molar-refractivity contribution >= 4 is 33.2 Å². The van der Waals surface area contributed by atoms with Gasteiger partial charge in [-0.05, 0) is 30.8 Å². The molecule has 1 heterocycles. The van der Waals surface area contributed by atoms with Crippen molar-refractivity contribution in [2.45, 2.75) is 13.1 Å². The highest BCUT2D eigenvalue weighted by Gasteiger charge is 2.08. The second kappa shape index (κ2) is 5.92. The van der Waals surface area contributed by atoms with Crippen LogP contribution in [0.4, 0.5) is 0 Å². The zero-order chi connectivity index (χ0) is 13.9. The average Bonchev–Trinajstić information content (AvgIpc) is 2.83. The first-order valence-electron chi connectivity index (χ1n) is 6.49. The van der Waals surface area contributed by atoms with E-state index in [1.54, 1.807) is 11.3 Å². The van der Waals surface area contributed by atoms with E-state index in [0.29, 0.717) is 0 Å². The van der Waals surface area contributed by atoms with E-state index in [9.17, 15) is 0 Å². The van der Waals surface area contributed by atoms with Crippen molar-refractivity contribution < 1.29 is 0 Å². The lowest BCUT2D eigenvalue weighted by Gasteiger charge is -2.15. The molecule has 1 aromatic heterocycles. The summed E-state index contributed by atoms with van der Waals surface area (Å²) < 4.78 is 1.24. The molecular formula is C16H15ClN2S. The van der Waals surface area contributed by atoms with Gasteiger partial charge in [-0.1, -0.05) is 41.9 Å². The molecule has 0 unspecified atom stereocenters. The van der Waals surface area contributed by atoms with Crippen LogP contribution in [0.2, 0.25) is 5.02 Å². The van der Waals surface area contributed by atoms with E-state index in [1.165, 1.54) is 4.70 Å². The normalized spacial score (nSPS) is 11.3. The molecule has 0 saturated heterocycles. The molecule has 0 radical (unpaired) electrons. The van der Waals surface area contributed by atoms with Gasteiger partial charge in [-0.3, -0.25) is 4.90 Å². The molecule has 0 amide bonds. The molecule has 2 nitrogen and oxygen atoms in total. The number of rotatable bonds is 4. The van der Waals surface area contributed by atoms with E-state index in [1.807, 2.05) is 24.3 Å². The molecule has 0 aliphatic carbocycles. The van der Waals surface area contributed by atoms with Crippen molar-refractivity contribution in [1.29, 1.82) is 0 Å². The van der Waals surface area contributed by atoms with Crippen molar-refractivity contribution in [2.24, 2.45) is 0 Å². The first-order chi connectivity index (χ1) is 9.72. The molecule has 102 valence electrons. The van der Waals surface area contributed by atoms with Gasteiger partial charge in [0.15, 0.2) is 0 Å². The van der Waals surface area contributed by atoms with Crippen LogP contribution in [-0.4, -0.2) is 16.9 Å². The molecule has 0 saturated carbocycles. The monoisotopic (exact) mass is 302 g/mol. The summed E-state index contributed by atoms with van der Waals surface area (Å²) in [4.78, 5) is 6.90. The predicted molar refractivity (Wildman–Crippen MR) is 86.2 cm³/mol. The zero-order valence-corrected chi connectivity index (χ0v) is 12.8. The lowest BCUT2D eigenvalue weighted by Crippen LogP contribution is -2.17. The number of para-hydroxylation sites is 1. The van der Waals surface area contributed by atoms with Gasteiger partial charge in [-0.2, -0.15) is 0 Å². The van der Waals surface area contributed by atoms with Crippen molar-refractivity contribution in [1.82, 2.24) is 9.88 Å². The fourth-order valence-corrected chi connectivity index (χ4v) is 3.43. The van der Waals surface area contributed by atoms with Gasteiger partial charge in [0.2, 0.25) is 0 Å². The van der Waals surface area contributed by atoms with Gasteiger partial charge >= 0.3 is 0 Å².